The maximum absolute atomic E-state index is 11.6. The zero-order valence-corrected chi connectivity index (χ0v) is 12.7. The molecule has 0 bridgehead atoms. The second-order valence-electron chi connectivity index (χ2n) is 4.83. The van der Waals surface area contributed by atoms with Crippen LogP contribution >= 0.6 is 10.7 Å². The van der Waals surface area contributed by atoms with Crippen molar-refractivity contribution in [1.82, 2.24) is 4.98 Å². The molecule has 0 atom stereocenters. The minimum atomic E-state index is -3.82. The van der Waals surface area contributed by atoms with E-state index in [1.165, 1.54) is 6.07 Å². The maximum Gasteiger partial charge on any atom is 0.261 e. The highest BCUT2D eigenvalue weighted by Gasteiger charge is 2.20. The highest BCUT2D eigenvalue weighted by molar-refractivity contribution is 8.14. The standard InChI is InChI=1S/C14H14ClNO4S/c15-21(17,18)13-4-3-12(14-11(13)2-1-7-16-14)20-10-5-8-19-9-6-10/h1-4,7,10H,5-6,8-9H2. The van der Waals surface area contributed by atoms with Crippen LogP contribution in [0.3, 0.4) is 0 Å². The summed E-state index contributed by atoms with van der Waals surface area (Å²) in [6, 6.07) is 6.42. The van der Waals surface area contributed by atoms with Crippen molar-refractivity contribution in [1.29, 1.82) is 0 Å². The molecule has 1 fully saturated rings. The summed E-state index contributed by atoms with van der Waals surface area (Å²) in [4.78, 5) is 4.29. The summed E-state index contributed by atoms with van der Waals surface area (Å²) in [5, 5.41) is 0.469. The number of hydrogen-bond donors (Lipinski definition) is 0. The lowest BCUT2D eigenvalue weighted by Gasteiger charge is -2.23. The predicted molar refractivity (Wildman–Crippen MR) is 79.3 cm³/mol. The van der Waals surface area contributed by atoms with Gasteiger partial charge in [-0.15, -0.1) is 0 Å². The van der Waals surface area contributed by atoms with E-state index >= 15 is 0 Å². The van der Waals surface area contributed by atoms with Gasteiger partial charge in [-0.05, 0) is 24.3 Å². The third-order valence-corrected chi connectivity index (χ3v) is 4.80. The van der Waals surface area contributed by atoms with Gasteiger partial charge in [0.15, 0.2) is 0 Å². The Labute approximate surface area is 127 Å². The fourth-order valence-electron chi connectivity index (χ4n) is 2.40. The van der Waals surface area contributed by atoms with Crippen molar-refractivity contribution in [3.63, 3.8) is 0 Å². The molecule has 2 heterocycles. The lowest BCUT2D eigenvalue weighted by atomic mass is 10.1. The Bertz CT molecular complexity index is 757. The molecule has 0 unspecified atom stereocenters. The van der Waals surface area contributed by atoms with Crippen LogP contribution in [0.1, 0.15) is 12.8 Å². The topological polar surface area (TPSA) is 65.5 Å². The molecular weight excluding hydrogens is 314 g/mol. The molecule has 0 radical (unpaired) electrons. The van der Waals surface area contributed by atoms with Gasteiger partial charge in [0, 0.05) is 35.1 Å². The first-order valence-electron chi connectivity index (χ1n) is 6.62. The molecule has 1 aromatic heterocycles. The number of aromatic nitrogens is 1. The Balaban J connectivity index is 2.04. The normalized spacial score (nSPS) is 17.0. The Morgan fingerprint density at radius 2 is 2.00 bits per heavy atom. The number of hydrogen-bond acceptors (Lipinski definition) is 5. The summed E-state index contributed by atoms with van der Waals surface area (Å²) in [7, 11) is 1.65. The first kappa shape index (κ1) is 14.6. The number of fused-ring (bicyclic) bond motifs is 1. The maximum atomic E-state index is 11.6. The van der Waals surface area contributed by atoms with Crippen LogP contribution < -0.4 is 4.74 Å². The van der Waals surface area contributed by atoms with Crippen LogP contribution in [0, 0.1) is 0 Å². The molecule has 0 aliphatic carbocycles. The number of ether oxygens (including phenoxy) is 2. The molecule has 7 heteroatoms. The van der Waals surface area contributed by atoms with E-state index < -0.39 is 9.05 Å². The van der Waals surface area contributed by atoms with Crippen molar-refractivity contribution in [3.05, 3.63) is 30.5 Å². The van der Waals surface area contributed by atoms with E-state index in [0.29, 0.717) is 29.9 Å². The third kappa shape index (κ3) is 3.12. The van der Waals surface area contributed by atoms with Gasteiger partial charge in [-0.25, -0.2) is 8.42 Å². The van der Waals surface area contributed by atoms with E-state index in [2.05, 4.69) is 4.98 Å². The van der Waals surface area contributed by atoms with Crippen LogP contribution in [0.15, 0.2) is 35.4 Å². The number of halogens is 1. The predicted octanol–water partition coefficient (Wildman–Crippen LogP) is 2.72. The van der Waals surface area contributed by atoms with Gasteiger partial charge in [0.1, 0.15) is 17.4 Å². The van der Waals surface area contributed by atoms with Crippen molar-refractivity contribution in [2.75, 3.05) is 13.2 Å². The van der Waals surface area contributed by atoms with Crippen molar-refractivity contribution < 1.29 is 17.9 Å². The van der Waals surface area contributed by atoms with Gasteiger partial charge in [0.25, 0.3) is 9.05 Å². The van der Waals surface area contributed by atoms with Crippen molar-refractivity contribution in [3.8, 4) is 5.75 Å². The van der Waals surface area contributed by atoms with E-state index in [0.717, 1.165) is 12.8 Å². The van der Waals surface area contributed by atoms with Crippen LogP contribution in [-0.2, 0) is 13.8 Å². The summed E-state index contributed by atoms with van der Waals surface area (Å²) < 4.78 is 34.5. The van der Waals surface area contributed by atoms with Gasteiger partial charge in [-0.2, -0.15) is 0 Å². The fraction of sp³-hybridized carbons (Fsp3) is 0.357. The summed E-state index contributed by atoms with van der Waals surface area (Å²) in [6.45, 7) is 1.34. The second-order valence-corrected chi connectivity index (χ2v) is 7.36. The minimum Gasteiger partial charge on any atom is -0.488 e. The fourth-order valence-corrected chi connectivity index (χ4v) is 3.46. The van der Waals surface area contributed by atoms with Gasteiger partial charge in [-0.1, -0.05) is 0 Å². The van der Waals surface area contributed by atoms with Crippen molar-refractivity contribution in [2.24, 2.45) is 0 Å². The average Bonchev–Trinajstić information content (AvgIpc) is 2.47. The van der Waals surface area contributed by atoms with Crippen LogP contribution in [0.25, 0.3) is 10.9 Å². The summed E-state index contributed by atoms with van der Waals surface area (Å²) in [6.07, 6.45) is 3.28. The molecule has 2 aromatic rings. The van der Waals surface area contributed by atoms with E-state index in [9.17, 15) is 8.42 Å². The van der Waals surface area contributed by atoms with Crippen molar-refractivity contribution in [2.45, 2.75) is 23.8 Å². The number of nitrogens with zero attached hydrogens (tertiary/aromatic N) is 1. The molecule has 1 aliphatic rings. The van der Waals surface area contributed by atoms with E-state index in [1.807, 2.05) is 0 Å². The zero-order chi connectivity index (χ0) is 14.9. The number of benzene rings is 1. The van der Waals surface area contributed by atoms with Crippen molar-refractivity contribution >= 4 is 30.6 Å². The minimum absolute atomic E-state index is 0.0478. The third-order valence-electron chi connectivity index (χ3n) is 3.42. The van der Waals surface area contributed by atoms with E-state index in [1.54, 1.807) is 24.4 Å². The Kier molecular flexibility index (Phi) is 4.01. The number of rotatable bonds is 3. The molecule has 0 spiro atoms. The molecular formula is C14H14ClNO4S. The Morgan fingerprint density at radius 3 is 2.71 bits per heavy atom. The second kappa shape index (κ2) is 5.79. The van der Waals surface area contributed by atoms with Crippen LogP contribution in [0.4, 0.5) is 0 Å². The summed E-state index contributed by atoms with van der Waals surface area (Å²) in [5.41, 5.74) is 0.505. The smallest absolute Gasteiger partial charge is 0.261 e. The summed E-state index contributed by atoms with van der Waals surface area (Å²) in [5.74, 6) is 0.571. The summed E-state index contributed by atoms with van der Waals surface area (Å²) >= 11 is 0. The largest absolute Gasteiger partial charge is 0.488 e. The number of pyridine rings is 1. The van der Waals surface area contributed by atoms with E-state index in [-0.39, 0.29) is 11.0 Å². The molecule has 1 aromatic carbocycles. The average molecular weight is 328 g/mol. The molecule has 112 valence electrons. The monoisotopic (exact) mass is 327 g/mol. The zero-order valence-electron chi connectivity index (χ0n) is 11.2. The molecule has 1 saturated heterocycles. The quantitative estimate of drug-likeness (QED) is 0.811. The van der Waals surface area contributed by atoms with Crippen LogP contribution in [0.2, 0.25) is 0 Å². The molecule has 3 rings (SSSR count). The van der Waals surface area contributed by atoms with Crippen LogP contribution in [0.5, 0.6) is 5.75 Å². The van der Waals surface area contributed by atoms with Gasteiger partial charge < -0.3 is 9.47 Å². The van der Waals surface area contributed by atoms with E-state index in [4.69, 9.17) is 20.2 Å². The van der Waals surface area contributed by atoms with Gasteiger partial charge >= 0.3 is 0 Å². The molecule has 21 heavy (non-hydrogen) atoms. The van der Waals surface area contributed by atoms with Gasteiger partial charge in [0.05, 0.1) is 18.1 Å². The highest BCUT2D eigenvalue weighted by Crippen LogP contribution is 2.32. The highest BCUT2D eigenvalue weighted by atomic mass is 35.7. The SMILES string of the molecule is O=S(=O)(Cl)c1ccc(OC2CCOCC2)c2ncccc12. The molecule has 0 amide bonds. The Hall–Kier alpha value is -1.37. The lowest BCUT2D eigenvalue weighted by Crippen LogP contribution is -2.26. The Morgan fingerprint density at radius 1 is 1.24 bits per heavy atom. The van der Waals surface area contributed by atoms with Gasteiger partial charge in [-0.3, -0.25) is 4.98 Å². The molecule has 5 nitrogen and oxygen atoms in total. The molecule has 1 aliphatic heterocycles. The first-order valence-corrected chi connectivity index (χ1v) is 8.93. The van der Waals surface area contributed by atoms with Gasteiger partial charge in [0.2, 0.25) is 0 Å². The lowest BCUT2D eigenvalue weighted by molar-refractivity contribution is 0.0261. The molecule has 0 saturated carbocycles. The molecule has 0 N–H and O–H groups in total. The van der Waals surface area contributed by atoms with Crippen LogP contribution in [-0.4, -0.2) is 32.7 Å². The first-order chi connectivity index (χ1) is 10.1.